The predicted octanol–water partition coefficient (Wildman–Crippen LogP) is 4.12. The average Bonchev–Trinajstić information content (AvgIpc) is 3.21. The second-order valence-electron chi connectivity index (χ2n) is 6.65. The third kappa shape index (κ3) is 4.44. The number of nitrogens with one attached hydrogen (secondary N) is 2. The Morgan fingerprint density at radius 2 is 1.91 bits per heavy atom. The Bertz CT molecular complexity index is 1270. The van der Waals surface area contributed by atoms with E-state index in [1.807, 2.05) is 6.07 Å². The molecule has 0 bridgehead atoms. The summed E-state index contributed by atoms with van der Waals surface area (Å²) >= 11 is 5.92. The van der Waals surface area contributed by atoms with Gasteiger partial charge >= 0.3 is 5.97 Å². The number of hydrogen-bond donors (Lipinski definition) is 3. The topological polar surface area (TPSA) is 127 Å². The van der Waals surface area contributed by atoms with Crippen LogP contribution in [-0.2, 0) is 7.05 Å². The van der Waals surface area contributed by atoms with E-state index in [0.717, 1.165) is 0 Å². The van der Waals surface area contributed by atoms with E-state index in [1.54, 1.807) is 54.5 Å². The SMILES string of the molecule is COc1c(Nc2nc(Nc3ccc(Cl)cc3)ncc2C(=O)O)cccc1-c1ncn(C)n1. The Morgan fingerprint density at radius 1 is 1.12 bits per heavy atom. The van der Waals surface area contributed by atoms with Gasteiger partial charge in [-0.25, -0.2) is 14.8 Å². The number of methoxy groups -OCH3 is 1. The molecule has 4 rings (SSSR count). The standard InChI is InChI=1S/C21H18ClN7O3/c1-29-11-24-18(28-29)14-4-3-5-16(17(14)32-2)26-19-15(20(30)31)10-23-21(27-19)25-13-8-6-12(22)7-9-13/h3-11H,1-2H3,(H,30,31)(H2,23,25,26,27). The number of aromatic nitrogens is 5. The Morgan fingerprint density at radius 3 is 2.56 bits per heavy atom. The van der Waals surface area contributed by atoms with Crippen LogP contribution in [0.3, 0.4) is 0 Å². The van der Waals surface area contributed by atoms with Crippen LogP contribution in [0.5, 0.6) is 5.75 Å². The first-order valence-corrected chi connectivity index (χ1v) is 9.75. The number of aromatic carboxylic acids is 1. The Kier molecular flexibility index (Phi) is 5.86. The van der Waals surface area contributed by atoms with Gasteiger partial charge in [-0.1, -0.05) is 17.7 Å². The van der Waals surface area contributed by atoms with E-state index in [9.17, 15) is 9.90 Å². The fourth-order valence-corrected chi connectivity index (χ4v) is 3.10. The molecule has 0 spiro atoms. The zero-order valence-electron chi connectivity index (χ0n) is 17.1. The van der Waals surface area contributed by atoms with Crippen molar-refractivity contribution >= 4 is 40.7 Å². The maximum Gasteiger partial charge on any atom is 0.341 e. The lowest BCUT2D eigenvalue weighted by atomic mass is 10.1. The number of aryl methyl sites for hydroxylation is 1. The van der Waals surface area contributed by atoms with Gasteiger partial charge in [0.25, 0.3) is 0 Å². The lowest BCUT2D eigenvalue weighted by Gasteiger charge is -2.15. The van der Waals surface area contributed by atoms with Gasteiger partial charge in [-0.2, -0.15) is 10.1 Å². The number of anilines is 4. The highest BCUT2D eigenvalue weighted by Crippen LogP contribution is 2.36. The molecule has 3 N–H and O–H groups in total. The summed E-state index contributed by atoms with van der Waals surface area (Å²) in [4.78, 5) is 24.5. The summed E-state index contributed by atoms with van der Waals surface area (Å²) in [7, 11) is 3.28. The van der Waals surface area contributed by atoms with Crippen LogP contribution in [0.15, 0.2) is 55.0 Å². The van der Waals surface area contributed by atoms with Crippen molar-refractivity contribution in [1.29, 1.82) is 0 Å². The maximum atomic E-state index is 11.8. The van der Waals surface area contributed by atoms with Crippen LogP contribution in [0.4, 0.5) is 23.1 Å². The van der Waals surface area contributed by atoms with Crippen molar-refractivity contribution in [2.75, 3.05) is 17.7 Å². The Balaban J connectivity index is 1.71. The second kappa shape index (κ2) is 8.90. The number of para-hydroxylation sites is 1. The van der Waals surface area contributed by atoms with Gasteiger partial charge in [-0.3, -0.25) is 4.68 Å². The zero-order valence-corrected chi connectivity index (χ0v) is 17.8. The first-order valence-electron chi connectivity index (χ1n) is 9.37. The number of halogens is 1. The summed E-state index contributed by atoms with van der Waals surface area (Å²) in [6.45, 7) is 0. The molecule has 162 valence electrons. The van der Waals surface area contributed by atoms with Gasteiger partial charge in [-0.15, -0.1) is 0 Å². The fraction of sp³-hybridized carbons (Fsp3) is 0.0952. The number of benzene rings is 2. The molecule has 4 aromatic rings. The molecule has 32 heavy (non-hydrogen) atoms. The van der Waals surface area contributed by atoms with Gasteiger partial charge in [-0.05, 0) is 36.4 Å². The minimum absolute atomic E-state index is 0.0911. The van der Waals surface area contributed by atoms with Crippen LogP contribution in [0, 0.1) is 0 Å². The number of carboxylic acids is 1. The van der Waals surface area contributed by atoms with Gasteiger partial charge in [0.1, 0.15) is 11.9 Å². The number of rotatable bonds is 7. The number of ether oxygens (including phenoxy) is 1. The average molecular weight is 452 g/mol. The molecular formula is C21H18ClN7O3. The quantitative estimate of drug-likeness (QED) is 0.380. The molecule has 2 aromatic heterocycles. The molecule has 10 nitrogen and oxygen atoms in total. The highest BCUT2D eigenvalue weighted by atomic mass is 35.5. The molecule has 2 aromatic carbocycles. The van der Waals surface area contributed by atoms with Gasteiger partial charge in [0.2, 0.25) is 5.95 Å². The van der Waals surface area contributed by atoms with E-state index in [-0.39, 0.29) is 17.3 Å². The Labute approximate surface area is 187 Å². The molecule has 11 heteroatoms. The van der Waals surface area contributed by atoms with E-state index in [1.165, 1.54) is 13.3 Å². The van der Waals surface area contributed by atoms with Gasteiger partial charge < -0.3 is 20.5 Å². The summed E-state index contributed by atoms with van der Waals surface area (Å²) < 4.78 is 7.16. The van der Waals surface area contributed by atoms with Crippen LogP contribution in [-0.4, -0.2) is 42.9 Å². The third-order valence-corrected chi connectivity index (χ3v) is 4.68. The molecule has 0 radical (unpaired) electrons. The number of carboxylic acid groups (broad SMARTS) is 1. The molecule has 0 amide bonds. The van der Waals surface area contributed by atoms with Crippen LogP contribution >= 0.6 is 11.6 Å². The first-order chi connectivity index (χ1) is 15.4. The highest BCUT2D eigenvalue weighted by Gasteiger charge is 2.19. The van der Waals surface area contributed by atoms with Crippen molar-refractivity contribution in [3.8, 4) is 17.1 Å². The molecule has 0 aliphatic heterocycles. The van der Waals surface area contributed by atoms with Crippen molar-refractivity contribution in [2.24, 2.45) is 7.05 Å². The van der Waals surface area contributed by atoms with E-state index >= 15 is 0 Å². The van der Waals surface area contributed by atoms with Gasteiger partial charge in [0.05, 0.1) is 18.4 Å². The molecule has 0 saturated heterocycles. The van der Waals surface area contributed by atoms with Gasteiger partial charge in [0.15, 0.2) is 17.4 Å². The molecule has 0 unspecified atom stereocenters. The minimum Gasteiger partial charge on any atom is -0.494 e. The largest absolute Gasteiger partial charge is 0.494 e. The summed E-state index contributed by atoms with van der Waals surface area (Å²) in [6.07, 6.45) is 2.81. The fourth-order valence-electron chi connectivity index (χ4n) is 2.98. The summed E-state index contributed by atoms with van der Waals surface area (Å²) in [5.74, 6) is 0.0434. The maximum absolute atomic E-state index is 11.8. The van der Waals surface area contributed by atoms with E-state index in [2.05, 4.69) is 30.7 Å². The van der Waals surface area contributed by atoms with E-state index < -0.39 is 5.97 Å². The summed E-state index contributed by atoms with van der Waals surface area (Å²) in [5, 5.41) is 20.6. The Hall–Kier alpha value is -4.18. The zero-order chi connectivity index (χ0) is 22.7. The molecule has 0 fully saturated rings. The summed E-state index contributed by atoms with van der Waals surface area (Å²) in [5.41, 5.74) is 1.74. The highest BCUT2D eigenvalue weighted by molar-refractivity contribution is 6.30. The minimum atomic E-state index is -1.17. The molecule has 0 atom stereocenters. The van der Waals surface area contributed by atoms with Crippen molar-refractivity contribution in [3.63, 3.8) is 0 Å². The van der Waals surface area contributed by atoms with Crippen molar-refractivity contribution < 1.29 is 14.6 Å². The van der Waals surface area contributed by atoms with Crippen LogP contribution in [0.1, 0.15) is 10.4 Å². The molecule has 2 heterocycles. The lowest BCUT2D eigenvalue weighted by Crippen LogP contribution is -2.09. The number of carbonyl (C=O) groups is 1. The molecular weight excluding hydrogens is 434 g/mol. The molecule has 0 saturated carbocycles. The van der Waals surface area contributed by atoms with Crippen LogP contribution in [0.2, 0.25) is 5.02 Å². The molecule has 0 aliphatic rings. The monoisotopic (exact) mass is 451 g/mol. The first kappa shape index (κ1) is 21.1. The van der Waals surface area contributed by atoms with E-state index in [0.29, 0.717) is 33.5 Å². The normalized spacial score (nSPS) is 10.6. The van der Waals surface area contributed by atoms with Crippen LogP contribution < -0.4 is 15.4 Å². The van der Waals surface area contributed by atoms with Crippen molar-refractivity contribution in [1.82, 2.24) is 24.7 Å². The lowest BCUT2D eigenvalue weighted by molar-refractivity contribution is 0.0697. The third-order valence-electron chi connectivity index (χ3n) is 4.43. The van der Waals surface area contributed by atoms with Crippen LogP contribution in [0.25, 0.3) is 11.4 Å². The van der Waals surface area contributed by atoms with Crippen molar-refractivity contribution in [3.05, 3.63) is 65.6 Å². The predicted molar refractivity (Wildman–Crippen MR) is 120 cm³/mol. The smallest absolute Gasteiger partial charge is 0.341 e. The summed E-state index contributed by atoms with van der Waals surface area (Å²) in [6, 6.07) is 12.3. The number of nitrogens with zero attached hydrogens (tertiary/aromatic N) is 5. The van der Waals surface area contributed by atoms with Gasteiger partial charge in [0, 0.05) is 24.0 Å². The number of hydrogen-bond acceptors (Lipinski definition) is 8. The van der Waals surface area contributed by atoms with E-state index in [4.69, 9.17) is 16.3 Å². The molecule has 0 aliphatic carbocycles. The van der Waals surface area contributed by atoms with Crippen molar-refractivity contribution in [2.45, 2.75) is 0 Å². The second-order valence-corrected chi connectivity index (χ2v) is 7.08.